The van der Waals surface area contributed by atoms with Crippen LogP contribution in [0.1, 0.15) is 0 Å². The van der Waals surface area contributed by atoms with Crippen molar-refractivity contribution in [1.82, 2.24) is 9.55 Å². The molecular weight excluding hydrogens is 450 g/mol. The maximum absolute atomic E-state index is 13.1. The van der Waals surface area contributed by atoms with Crippen LogP contribution < -0.4 is 10.9 Å². The number of thioether (sulfide) groups is 1. The number of amides is 1. The molecule has 4 rings (SSSR count). The van der Waals surface area contributed by atoms with Crippen molar-refractivity contribution in [3.05, 3.63) is 93.7 Å². The highest BCUT2D eigenvalue weighted by Crippen LogP contribution is 2.24. The van der Waals surface area contributed by atoms with Crippen molar-refractivity contribution in [1.29, 1.82) is 0 Å². The molecule has 7 heteroatoms. The molecule has 0 atom stereocenters. The number of rotatable bonds is 5. The van der Waals surface area contributed by atoms with Gasteiger partial charge in [0, 0.05) is 4.47 Å². The van der Waals surface area contributed by atoms with E-state index in [9.17, 15) is 9.59 Å². The maximum Gasteiger partial charge on any atom is 0.266 e. The molecule has 144 valence electrons. The first-order chi connectivity index (χ1) is 14.1. The second kappa shape index (κ2) is 8.63. The lowest BCUT2D eigenvalue weighted by Crippen LogP contribution is -2.23. The Kier molecular flexibility index (Phi) is 5.78. The maximum atomic E-state index is 13.1. The third-order valence-corrected chi connectivity index (χ3v) is 5.87. The Balaban J connectivity index is 1.67. The molecule has 1 aromatic heterocycles. The Labute approximate surface area is 179 Å². The van der Waals surface area contributed by atoms with Gasteiger partial charge in [-0.05, 0) is 52.3 Å². The van der Waals surface area contributed by atoms with Gasteiger partial charge in [0.2, 0.25) is 5.91 Å². The van der Waals surface area contributed by atoms with Crippen LogP contribution in [-0.2, 0) is 4.79 Å². The minimum absolute atomic E-state index is 0.124. The Morgan fingerprint density at radius 3 is 2.45 bits per heavy atom. The van der Waals surface area contributed by atoms with Crippen LogP contribution in [0.3, 0.4) is 0 Å². The number of benzene rings is 3. The fourth-order valence-electron chi connectivity index (χ4n) is 2.89. The summed E-state index contributed by atoms with van der Waals surface area (Å²) in [7, 11) is 0. The number of para-hydroxylation sites is 3. The van der Waals surface area contributed by atoms with Gasteiger partial charge in [-0.3, -0.25) is 14.2 Å². The monoisotopic (exact) mass is 465 g/mol. The largest absolute Gasteiger partial charge is 0.324 e. The standard InChI is InChI=1S/C22H16BrN3O2S/c23-17-11-5-7-13-19(17)24-20(27)14-29-22-25-18-12-6-4-10-16(18)21(28)26(22)15-8-2-1-3-9-15/h1-13H,14H2,(H,24,27). The molecule has 0 aliphatic rings. The zero-order valence-corrected chi connectivity index (χ0v) is 17.6. The van der Waals surface area contributed by atoms with Gasteiger partial charge in [-0.15, -0.1) is 0 Å². The summed E-state index contributed by atoms with van der Waals surface area (Å²) < 4.78 is 2.36. The molecule has 3 aromatic carbocycles. The zero-order valence-electron chi connectivity index (χ0n) is 15.2. The van der Waals surface area contributed by atoms with Gasteiger partial charge < -0.3 is 5.32 Å². The number of halogens is 1. The average Bonchev–Trinajstić information content (AvgIpc) is 2.75. The van der Waals surface area contributed by atoms with Crippen LogP contribution in [0.2, 0.25) is 0 Å². The van der Waals surface area contributed by atoms with Crippen molar-refractivity contribution in [3.63, 3.8) is 0 Å². The summed E-state index contributed by atoms with van der Waals surface area (Å²) in [5.41, 5.74) is 1.86. The first-order valence-corrected chi connectivity index (χ1v) is 10.7. The molecule has 1 N–H and O–H groups in total. The molecule has 1 heterocycles. The Hall–Kier alpha value is -2.90. The molecule has 0 saturated carbocycles. The van der Waals surface area contributed by atoms with E-state index < -0.39 is 0 Å². The molecule has 0 unspecified atom stereocenters. The number of carbonyl (C=O) groups is 1. The third-order valence-electron chi connectivity index (χ3n) is 4.24. The van der Waals surface area contributed by atoms with Gasteiger partial charge in [0.25, 0.3) is 5.56 Å². The van der Waals surface area contributed by atoms with Crippen molar-refractivity contribution < 1.29 is 4.79 Å². The van der Waals surface area contributed by atoms with Gasteiger partial charge in [-0.25, -0.2) is 4.98 Å². The molecule has 0 bridgehead atoms. The van der Waals surface area contributed by atoms with E-state index in [1.54, 1.807) is 16.7 Å². The summed E-state index contributed by atoms with van der Waals surface area (Å²) in [4.78, 5) is 30.2. The molecule has 0 spiro atoms. The number of nitrogens with zero attached hydrogens (tertiary/aromatic N) is 2. The Morgan fingerprint density at radius 2 is 1.66 bits per heavy atom. The molecule has 29 heavy (non-hydrogen) atoms. The first-order valence-electron chi connectivity index (χ1n) is 8.88. The van der Waals surface area contributed by atoms with Crippen LogP contribution in [0.5, 0.6) is 0 Å². The van der Waals surface area contributed by atoms with Crippen molar-refractivity contribution in [2.45, 2.75) is 5.16 Å². The zero-order chi connectivity index (χ0) is 20.2. The highest BCUT2D eigenvalue weighted by atomic mass is 79.9. The van der Waals surface area contributed by atoms with Gasteiger partial charge in [-0.2, -0.15) is 0 Å². The summed E-state index contributed by atoms with van der Waals surface area (Å²) in [5, 5.41) is 3.88. The molecule has 0 radical (unpaired) electrons. The molecule has 0 aliphatic heterocycles. The van der Waals surface area contributed by atoms with Gasteiger partial charge >= 0.3 is 0 Å². The number of hydrogen-bond acceptors (Lipinski definition) is 4. The minimum Gasteiger partial charge on any atom is -0.324 e. The number of nitrogens with one attached hydrogen (secondary N) is 1. The molecular formula is C22H16BrN3O2S. The van der Waals surface area contributed by atoms with Crippen LogP contribution in [0.15, 0.2) is 93.3 Å². The second-order valence-electron chi connectivity index (χ2n) is 6.20. The fourth-order valence-corrected chi connectivity index (χ4v) is 4.09. The average molecular weight is 466 g/mol. The van der Waals surface area contributed by atoms with Crippen LogP contribution >= 0.6 is 27.7 Å². The van der Waals surface area contributed by atoms with E-state index in [1.165, 1.54) is 11.8 Å². The quantitative estimate of drug-likeness (QED) is 0.337. The van der Waals surface area contributed by atoms with E-state index in [2.05, 4.69) is 26.2 Å². The highest BCUT2D eigenvalue weighted by Gasteiger charge is 2.15. The van der Waals surface area contributed by atoms with Gasteiger partial charge in [0.15, 0.2) is 5.16 Å². The summed E-state index contributed by atoms with van der Waals surface area (Å²) >= 11 is 4.65. The van der Waals surface area contributed by atoms with E-state index in [-0.39, 0.29) is 17.2 Å². The molecule has 1 amide bonds. The van der Waals surface area contributed by atoms with Crippen molar-refractivity contribution in [3.8, 4) is 5.69 Å². The van der Waals surface area contributed by atoms with E-state index in [1.807, 2.05) is 66.7 Å². The summed E-state index contributed by atoms with van der Waals surface area (Å²) in [6.45, 7) is 0. The molecule has 0 fully saturated rings. The molecule has 4 aromatic rings. The molecule has 0 saturated heterocycles. The van der Waals surface area contributed by atoms with E-state index >= 15 is 0 Å². The second-order valence-corrected chi connectivity index (χ2v) is 8.00. The number of carbonyl (C=O) groups excluding carboxylic acids is 1. The Morgan fingerprint density at radius 1 is 0.966 bits per heavy atom. The highest BCUT2D eigenvalue weighted by molar-refractivity contribution is 9.10. The van der Waals surface area contributed by atoms with Crippen LogP contribution in [0.25, 0.3) is 16.6 Å². The predicted octanol–water partition coefficient (Wildman–Crippen LogP) is 4.88. The first kappa shape index (κ1) is 19.4. The topological polar surface area (TPSA) is 64.0 Å². The summed E-state index contributed by atoms with van der Waals surface area (Å²) in [6, 6.07) is 24.0. The van der Waals surface area contributed by atoms with Gasteiger partial charge in [-0.1, -0.05) is 54.2 Å². The third kappa shape index (κ3) is 4.26. The van der Waals surface area contributed by atoms with Crippen molar-refractivity contribution in [2.24, 2.45) is 0 Å². The van der Waals surface area contributed by atoms with Crippen LogP contribution in [0, 0.1) is 0 Å². The van der Waals surface area contributed by atoms with Gasteiger partial charge in [0.1, 0.15) is 0 Å². The number of anilines is 1. The number of aromatic nitrogens is 2. The van der Waals surface area contributed by atoms with E-state index in [0.717, 1.165) is 4.47 Å². The van der Waals surface area contributed by atoms with Gasteiger partial charge in [0.05, 0.1) is 28.0 Å². The number of fused-ring (bicyclic) bond motifs is 1. The van der Waals surface area contributed by atoms with Crippen molar-refractivity contribution in [2.75, 3.05) is 11.1 Å². The summed E-state index contributed by atoms with van der Waals surface area (Å²) in [5.74, 6) is -0.0530. The van der Waals surface area contributed by atoms with E-state index in [0.29, 0.717) is 27.4 Å². The molecule has 5 nitrogen and oxygen atoms in total. The SMILES string of the molecule is O=C(CSc1nc2ccccc2c(=O)n1-c1ccccc1)Nc1ccccc1Br. The van der Waals surface area contributed by atoms with E-state index in [4.69, 9.17) is 0 Å². The molecule has 0 aliphatic carbocycles. The number of hydrogen-bond donors (Lipinski definition) is 1. The lowest BCUT2D eigenvalue weighted by molar-refractivity contribution is -0.113. The van der Waals surface area contributed by atoms with Crippen LogP contribution in [-0.4, -0.2) is 21.2 Å². The van der Waals surface area contributed by atoms with Crippen LogP contribution in [0.4, 0.5) is 5.69 Å². The summed E-state index contributed by atoms with van der Waals surface area (Å²) in [6.07, 6.45) is 0. The normalized spacial score (nSPS) is 10.8. The fraction of sp³-hybridized carbons (Fsp3) is 0.0455. The lowest BCUT2D eigenvalue weighted by Gasteiger charge is -2.13. The Bertz CT molecular complexity index is 1240. The van der Waals surface area contributed by atoms with Crippen molar-refractivity contribution >= 4 is 50.2 Å². The lowest BCUT2D eigenvalue weighted by atomic mass is 10.2. The minimum atomic E-state index is -0.177. The predicted molar refractivity (Wildman–Crippen MR) is 121 cm³/mol. The smallest absolute Gasteiger partial charge is 0.266 e.